The third-order valence-electron chi connectivity index (χ3n) is 2.39. The fraction of sp³-hybridized carbons (Fsp3) is 0.500. The van der Waals surface area contributed by atoms with Crippen LogP contribution in [0.5, 0.6) is 11.5 Å². The highest BCUT2D eigenvalue weighted by Crippen LogP contribution is 2.31. The minimum absolute atomic E-state index is 0.0539. The van der Waals surface area contributed by atoms with E-state index < -0.39 is 6.10 Å². The SMILES string of the molecule is COc1ccc(C(O)CC(C)N)c(OC)c1. The van der Waals surface area contributed by atoms with Crippen LogP contribution in [0.2, 0.25) is 0 Å². The Hall–Kier alpha value is -1.26. The van der Waals surface area contributed by atoms with Crippen LogP contribution >= 0.6 is 0 Å². The molecule has 4 heteroatoms. The maximum Gasteiger partial charge on any atom is 0.128 e. The molecule has 0 radical (unpaired) electrons. The van der Waals surface area contributed by atoms with E-state index in [4.69, 9.17) is 15.2 Å². The first-order chi connectivity index (χ1) is 7.58. The number of benzene rings is 1. The third-order valence-corrected chi connectivity index (χ3v) is 2.39. The van der Waals surface area contributed by atoms with E-state index in [9.17, 15) is 5.11 Å². The van der Waals surface area contributed by atoms with Crippen LogP contribution in [-0.4, -0.2) is 25.4 Å². The van der Waals surface area contributed by atoms with Gasteiger partial charge in [-0.05, 0) is 25.5 Å². The second-order valence-corrected chi connectivity index (χ2v) is 3.84. The van der Waals surface area contributed by atoms with Crippen LogP contribution in [0.15, 0.2) is 18.2 Å². The van der Waals surface area contributed by atoms with E-state index in [0.29, 0.717) is 17.9 Å². The van der Waals surface area contributed by atoms with Crippen molar-refractivity contribution in [2.24, 2.45) is 5.73 Å². The molecule has 0 bridgehead atoms. The lowest BCUT2D eigenvalue weighted by molar-refractivity contribution is 0.156. The van der Waals surface area contributed by atoms with Crippen molar-refractivity contribution in [2.75, 3.05) is 14.2 Å². The number of aliphatic hydroxyl groups is 1. The van der Waals surface area contributed by atoms with E-state index >= 15 is 0 Å². The summed E-state index contributed by atoms with van der Waals surface area (Å²) >= 11 is 0. The molecule has 0 fully saturated rings. The molecule has 16 heavy (non-hydrogen) atoms. The predicted octanol–water partition coefficient (Wildman–Crippen LogP) is 1.47. The zero-order valence-electron chi connectivity index (χ0n) is 9.93. The van der Waals surface area contributed by atoms with Crippen molar-refractivity contribution < 1.29 is 14.6 Å². The molecular formula is C12H19NO3. The van der Waals surface area contributed by atoms with Crippen LogP contribution in [0, 0.1) is 0 Å². The lowest BCUT2D eigenvalue weighted by Crippen LogP contribution is -2.18. The molecule has 0 amide bonds. The monoisotopic (exact) mass is 225 g/mol. The number of ether oxygens (including phenoxy) is 2. The molecule has 1 aromatic carbocycles. The van der Waals surface area contributed by atoms with Crippen molar-refractivity contribution in [3.63, 3.8) is 0 Å². The van der Waals surface area contributed by atoms with Gasteiger partial charge < -0.3 is 20.3 Å². The van der Waals surface area contributed by atoms with Gasteiger partial charge in [-0.25, -0.2) is 0 Å². The Morgan fingerprint density at radius 2 is 2.00 bits per heavy atom. The van der Waals surface area contributed by atoms with Crippen molar-refractivity contribution in [3.8, 4) is 11.5 Å². The van der Waals surface area contributed by atoms with Gasteiger partial charge in [-0.15, -0.1) is 0 Å². The minimum Gasteiger partial charge on any atom is -0.497 e. The molecule has 0 saturated carbocycles. The number of methoxy groups -OCH3 is 2. The molecule has 0 aliphatic rings. The molecule has 0 aliphatic heterocycles. The summed E-state index contributed by atoms with van der Waals surface area (Å²) in [6.07, 6.45) is -0.108. The summed E-state index contributed by atoms with van der Waals surface area (Å²) < 4.78 is 10.3. The zero-order chi connectivity index (χ0) is 12.1. The van der Waals surface area contributed by atoms with Crippen molar-refractivity contribution in [1.29, 1.82) is 0 Å². The highest BCUT2D eigenvalue weighted by molar-refractivity contribution is 5.41. The second kappa shape index (κ2) is 5.72. The molecule has 2 atom stereocenters. The van der Waals surface area contributed by atoms with E-state index in [1.54, 1.807) is 32.4 Å². The van der Waals surface area contributed by atoms with Crippen molar-refractivity contribution in [3.05, 3.63) is 23.8 Å². The molecule has 90 valence electrons. The van der Waals surface area contributed by atoms with E-state index in [-0.39, 0.29) is 6.04 Å². The van der Waals surface area contributed by atoms with Crippen LogP contribution in [0.3, 0.4) is 0 Å². The van der Waals surface area contributed by atoms with Gasteiger partial charge in [0.2, 0.25) is 0 Å². The molecule has 1 aromatic rings. The lowest BCUT2D eigenvalue weighted by atomic mass is 10.0. The maximum absolute atomic E-state index is 9.97. The van der Waals surface area contributed by atoms with Crippen molar-refractivity contribution in [2.45, 2.75) is 25.5 Å². The summed E-state index contributed by atoms with van der Waals surface area (Å²) in [4.78, 5) is 0. The molecule has 0 heterocycles. The molecule has 3 N–H and O–H groups in total. The average molecular weight is 225 g/mol. The van der Waals surface area contributed by atoms with Crippen molar-refractivity contribution >= 4 is 0 Å². The third kappa shape index (κ3) is 3.12. The van der Waals surface area contributed by atoms with Gasteiger partial charge >= 0.3 is 0 Å². The summed E-state index contributed by atoms with van der Waals surface area (Å²) in [7, 11) is 3.16. The zero-order valence-corrected chi connectivity index (χ0v) is 9.93. The fourth-order valence-electron chi connectivity index (χ4n) is 1.57. The predicted molar refractivity (Wildman–Crippen MR) is 62.8 cm³/mol. The Bertz CT molecular complexity index is 339. The van der Waals surface area contributed by atoms with E-state index in [1.807, 2.05) is 6.92 Å². The fourth-order valence-corrected chi connectivity index (χ4v) is 1.57. The normalized spacial score (nSPS) is 14.3. The van der Waals surface area contributed by atoms with Gasteiger partial charge in [-0.2, -0.15) is 0 Å². The summed E-state index contributed by atoms with van der Waals surface area (Å²) in [6.45, 7) is 1.86. The van der Waals surface area contributed by atoms with Gasteiger partial charge in [-0.3, -0.25) is 0 Å². The molecule has 2 unspecified atom stereocenters. The highest BCUT2D eigenvalue weighted by atomic mass is 16.5. The van der Waals surface area contributed by atoms with Crippen LogP contribution in [0.4, 0.5) is 0 Å². The highest BCUT2D eigenvalue weighted by Gasteiger charge is 2.15. The van der Waals surface area contributed by atoms with Gasteiger partial charge in [0, 0.05) is 17.7 Å². The van der Waals surface area contributed by atoms with Crippen LogP contribution < -0.4 is 15.2 Å². The molecule has 0 saturated heterocycles. The van der Waals surface area contributed by atoms with Gasteiger partial charge in [-0.1, -0.05) is 0 Å². The molecule has 0 aromatic heterocycles. The standard InChI is InChI=1S/C12H19NO3/c1-8(13)6-11(14)10-5-4-9(15-2)7-12(10)16-3/h4-5,7-8,11,14H,6,13H2,1-3H3. The molecular weight excluding hydrogens is 206 g/mol. The smallest absolute Gasteiger partial charge is 0.128 e. The number of aliphatic hydroxyl groups excluding tert-OH is 1. The number of hydrogen-bond acceptors (Lipinski definition) is 4. The van der Waals surface area contributed by atoms with Crippen LogP contribution in [-0.2, 0) is 0 Å². The Balaban J connectivity index is 2.94. The maximum atomic E-state index is 9.97. The van der Waals surface area contributed by atoms with Crippen molar-refractivity contribution in [1.82, 2.24) is 0 Å². The molecule has 0 aliphatic carbocycles. The van der Waals surface area contributed by atoms with Gasteiger partial charge in [0.25, 0.3) is 0 Å². The Labute approximate surface area is 96.0 Å². The summed E-state index contributed by atoms with van der Waals surface area (Å²) in [6, 6.07) is 5.29. The molecule has 0 spiro atoms. The van der Waals surface area contributed by atoms with E-state index in [2.05, 4.69) is 0 Å². The number of nitrogens with two attached hydrogens (primary N) is 1. The van der Waals surface area contributed by atoms with Gasteiger partial charge in [0.15, 0.2) is 0 Å². The molecule has 1 rings (SSSR count). The summed E-state index contributed by atoms with van der Waals surface area (Å²) in [5, 5.41) is 9.97. The first-order valence-electron chi connectivity index (χ1n) is 5.24. The van der Waals surface area contributed by atoms with Gasteiger partial charge in [0.1, 0.15) is 11.5 Å². The first-order valence-corrected chi connectivity index (χ1v) is 5.24. The quantitative estimate of drug-likeness (QED) is 0.796. The van der Waals surface area contributed by atoms with Gasteiger partial charge in [0.05, 0.1) is 20.3 Å². The summed E-state index contributed by atoms with van der Waals surface area (Å²) in [5.41, 5.74) is 6.39. The topological polar surface area (TPSA) is 64.7 Å². The Kier molecular flexibility index (Phi) is 4.58. The Morgan fingerprint density at radius 1 is 1.31 bits per heavy atom. The average Bonchev–Trinajstić information content (AvgIpc) is 2.27. The van der Waals surface area contributed by atoms with Crippen LogP contribution in [0.25, 0.3) is 0 Å². The van der Waals surface area contributed by atoms with E-state index in [0.717, 1.165) is 5.56 Å². The van der Waals surface area contributed by atoms with Crippen LogP contribution in [0.1, 0.15) is 25.0 Å². The largest absolute Gasteiger partial charge is 0.497 e. The summed E-state index contributed by atoms with van der Waals surface area (Å²) in [5.74, 6) is 1.32. The second-order valence-electron chi connectivity index (χ2n) is 3.84. The Morgan fingerprint density at radius 3 is 2.50 bits per heavy atom. The first kappa shape index (κ1) is 12.8. The minimum atomic E-state index is -0.610. The van der Waals surface area contributed by atoms with E-state index in [1.165, 1.54) is 0 Å². The number of hydrogen-bond donors (Lipinski definition) is 2. The molecule has 4 nitrogen and oxygen atoms in total. The lowest BCUT2D eigenvalue weighted by Gasteiger charge is -2.17. The number of rotatable bonds is 5.